The number of carbonyl (C=O) groups is 1. The Morgan fingerprint density at radius 3 is 2.52 bits per heavy atom. The first-order chi connectivity index (χ1) is 12.0. The molecule has 0 aliphatic carbocycles. The summed E-state index contributed by atoms with van der Waals surface area (Å²) in [4.78, 5) is 22.0. The second kappa shape index (κ2) is 8.58. The fraction of sp³-hybridized carbons (Fsp3) is 0.222. The molecule has 0 saturated carbocycles. The average molecular weight is 341 g/mol. The molecule has 0 heterocycles. The number of nitrogens with zero attached hydrogens (tertiary/aromatic N) is 2. The van der Waals surface area contributed by atoms with E-state index in [9.17, 15) is 14.9 Å². The van der Waals surface area contributed by atoms with Gasteiger partial charge in [-0.15, -0.1) is 0 Å². The van der Waals surface area contributed by atoms with Gasteiger partial charge in [0.2, 0.25) is 0 Å². The molecule has 2 aromatic carbocycles. The van der Waals surface area contributed by atoms with Gasteiger partial charge < -0.3 is 4.74 Å². The van der Waals surface area contributed by atoms with Crippen LogP contribution < -0.4 is 10.2 Å². The van der Waals surface area contributed by atoms with Gasteiger partial charge in [0.25, 0.3) is 11.6 Å². The molecular weight excluding hydrogens is 322 g/mol. The number of amides is 1. The van der Waals surface area contributed by atoms with Crippen molar-refractivity contribution in [2.75, 3.05) is 6.61 Å². The topological polar surface area (TPSA) is 93.8 Å². The van der Waals surface area contributed by atoms with Crippen LogP contribution in [0, 0.1) is 10.1 Å². The molecule has 0 bridgehead atoms. The van der Waals surface area contributed by atoms with Crippen molar-refractivity contribution in [3.8, 4) is 5.75 Å². The number of non-ortho nitro benzene ring substituents is 1. The third kappa shape index (κ3) is 5.13. The highest BCUT2D eigenvalue weighted by atomic mass is 16.6. The molecule has 130 valence electrons. The van der Waals surface area contributed by atoms with Crippen molar-refractivity contribution in [1.29, 1.82) is 0 Å². The average Bonchev–Trinajstić information content (AvgIpc) is 2.64. The van der Waals surface area contributed by atoms with Crippen LogP contribution in [0.2, 0.25) is 0 Å². The van der Waals surface area contributed by atoms with Crippen LogP contribution in [-0.4, -0.2) is 23.1 Å². The maximum Gasteiger partial charge on any atom is 0.277 e. The van der Waals surface area contributed by atoms with Crippen LogP contribution in [0.25, 0.3) is 0 Å². The van der Waals surface area contributed by atoms with E-state index >= 15 is 0 Å². The first kappa shape index (κ1) is 18.1. The third-order valence-corrected chi connectivity index (χ3v) is 3.56. The summed E-state index contributed by atoms with van der Waals surface area (Å²) in [6, 6.07) is 13.5. The van der Waals surface area contributed by atoms with E-state index in [1.54, 1.807) is 19.1 Å². The molecule has 0 aliphatic heterocycles. The Kier molecular flexibility index (Phi) is 6.22. The van der Waals surface area contributed by atoms with Crippen LogP contribution in [-0.2, 0) is 11.2 Å². The third-order valence-electron chi connectivity index (χ3n) is 3.56. The van der Waals surface area contributed by atoms with E-state index < -0.39 is 4.92 Å². The summed E-state index contributed by atoms with van der Waals surface area (Å²) < 4.78 is 5.51. The molecule has 1 amide bonds. The number of nitro benzene ring substituents is 1. The molecule has 2 rings (SSSR count). The molecule has 0 spiro atoms. The zero-order valence-electron chi connectivity index (χ0n) is 14.1. The number of nitro groups is 1. The van der Waals surface area contributed by atoms with Crippen LogP contribution in [0.3, 0.4) is 0 Å². The smallest absolute Gasteiger partial charge is 0.277 e. The highest BCUT2D eigenvalue weighted by Gasteiger charge is 2.07. The molecule has 0 aliphatic rings. The number of rotatable bonds is 7. The minimum absolute atomic E-state index is 0.00331. The molecule has 0 atom stereocenters. The van der Waals surface area contributed by atoms with Crippen molar-refractivity contribution in [1.82, 2.24) is 5.43 Å². The molecule has 25 heavy (non-hydrogen) atoms. The van der Waals surface area contributed by atoms with E-state index in [-0.39, 0.29) is 18.2 Å². The van der Waals surface area contributed by atoms with Gasteiger partial charge in [-0.1, -0.05) is 25.1 Å². The van der Waals surface area contributed by atoms with E-state index in [1.165, 1.54) is 12.1 Å². The Labute approximate surface area is 145 Å². The molecule has 0 aromatic heterocycles. The number of hydrogen-bond acceptors (Lipinski definition) is 5. The molecule has 1 N–H and O–H groups in total. The molecule has 0 unspecified atom stereocenters. The second-order valence-corrected chi connectivity index (χ2v) is 5.29. The standard InChI is InChI=1S/C18H19N3O4/c1-3-14-6-4-5-7-17(14)25-12-18(22)20-19-13(2)15-8-10-16(11-9-15)21(23)24/h4-11H,3,12H2,1-2H3,(H,20,22). The lowest BCUT2D eigenvalue weighted by Crippen LogP contribution is -2.25. The van der Waals surface area contributed by atoms with Crippen molar-refractivity contribution in [2.24, 2.45) is 5.10 Å². The maximum atomic E-state index is 11.9. The van der Waals surface area contributed by atoms with Crippen molar-refractivity contribution >= 4 is 17.3 Å². The number of ether oxygens (including phenoxy) is 1. The fourth-order valence-corrected chi connectivity index (χ4v) is 2.15. The summed E-state index contributed by atoms with van der Waals surface area (Å²) in [5, 5.41) is 14.6. The Bertz CT molecular complexity index is 785. The van der Waals surface area contributed by atoms with E-state index in [1.807, 2.05) is 31.2 Å². The molecule has 0 fully saturated rings. The lowest BCUT2D eigenvalue weighted by Gasteiger charge is -2.09. The van der Waals surface area contributed by atoms with Crippen LogP contribution in [0.15, 0.2) is 53.6 Å². The van der Waals surface area contributed by atoms with Crippen LogP contribution in [0.5, 0.6) is 5.75 Å². The Hall–Kier alpha value is -3.22. The zero-order valence-corrected chi connectivity index (χ0v) is 14.1. The first-order valence-corrected chi connectivity index (χ1v) is 7.80. The van der Waals surface area contributed by atoms with Gasteiger partial charge in [-0.3, -0.25) is 14.9 Å². The summed E-state index contributed by atoms with van der Waals surface area (Å²) in [6.07, 6.45) is 0.815. The van der Waals surface area contributed by atoms with Crippen molar-refractivity contribution in [2.45, 2.75) is 20.3 Å². The zero-order chi connectivity index (χ0) is 18.2. The normalized spacial score (nSPS) is 11.0. The van der Waals surface area contributed by atoms with Gasteiger partial charge in [0.15, 0.2) is 6.61 Å². The van der Waals surface area contributed by atoms with Gasteiger partial charge in [-0.25, -0.2) is 5.43 Å². The number of hydrogen-bond donors (Lipinski definition) is 1. The van der Waals surface area contributed by atoms with Crippen LogP contribution in [0.4, 0.5) is 5.69 Å². The molecule has 0 saturated heterocycles. The van der Waals surface area contributed by atoms with Crippen molar-refractivity contribution < 1.29 is 14.5 Å². The Morgan fingerprint density at radius 1 is 1.20 bits per heavy atom. The van der Waals surface area contributed by atoms with Gasteiger partial charge in [0.05, 0.1) is 10.6 Å². The fourth-order valence-electron chi connectivity index (χ4n) is 2.15. The predicted octanol–water partition coefficient (Wildman–Crippen LogP) is 3.08. The molecule has 0 radical (unpaired) electrons. The minimum Gasteiger partial charge on any atom is -0.483 e. The number of hydrazone groups is 1. The Balaban J connectivity index is 1.91. The van der Waals surface area contributed by atoms with Gasteiger partial charge in [-0.2, -0.15) is 5.10 Å². The highest BCUT2D eigenvalue weighted by Crippen LogP contribution is 2.18. The first-order valence-electron chi connectivity index (χ1n) is 7.80. The number of nitrogens with one attached hydrogen (secondary N) is 1. The summed E-state index contributed by atoms with van der Waals surface area (Å²) >= 11 is 0. The SMILES string of the molecule is CCc1ccccc1OCC(=O)NN=C(C)c1ccc([N+](=O)[O-])cc1. The van der Waals surface area contributed by atoms with Crippen molar-refractivity contribution in [3.05, 3.63) is 69.8 Å². The molecule has 7 heteroatoms. The summed E-state index contributed by atoms with van der Waals surface area (Å²) in [5.74, 6) is 0.295. The van der Waals surface area contributed by atoms with Crippen LogP contribution in [0.1, 0.15) is 25.0 Å². The van der Waals surface area contributed by atoms with E-state index in [4.69, 9.17) is 4.74 Å². The predicted molar refractivity (Wildman–Crippen MR) is 94.8 cm³/mol. The maximum absolute atomic E-state index is 11.9. The number of para-hydroxylation sites is 1. The van der Waals surface area contributed by atoms with Gasteiger partial charge in [0, 0.05) is 12.1 Å². The summed E-state index contributed by atoms with van der Waals surface area (Å²) in [7, 11) is 0. The lowest BCUT2D eigenvalue weighted by molar-refractivity contribution is -0.384. The molecule has 7 nitrogen and oxygen atoms in total. The largest absolute Gasteiger partial charge is 0.483 e. The number of carbonyl (C=O) groups excluding carboxylic acids is 1. The number of benzene rings is 2. The van der Waals surface area contributed by atoms with E-state index in [2.05, 4.69) is 10.5 Å². The highest BCUT2D eigenvalue weighted by molar-refractivity contribution is 5.99. The van der Waals surface area contributed by atoms with Gasteiger partial charge >= 0.3 is 0 Å². The van der Waals surface area contributed by atoms with E-state index in [0.29, 0.717) is 17.0 Å². The van der Waals surface area contributed by atoms with Crippen molar-refractivity contribution in [3.63, 3.8) is 0 Å². The quantitative estimate of drug-likeness (QED) is 0.476. The van der Waals surface area contributed by atoms with Gasteiger partial charge in [0.1, 0.15) is 5.75 Å². The lowest BCUT2D eigenvalue weighted by atomic mass is 10.1. The van der Waals surface area contributed by atoms with Gasteiger partial charge in [-0.05, 0) is 42.7 Å². The second-order valence-electron chi connectivity index (χ2n) is 5.29. The molecule has 2 aromatic rings. The molecular formula is C18H19N3O4. The monoisotopic (exact) mass is 341 g/mol. The Morgan fingerprint density at radius 2 is 1.88 bits per heavy atom. The summed E-state index contributed by atoms with van der Waals surface area (Å²) in [5.41, 5.74) is 4.67. The van der Waals surface area contributed by atoms with Crippen LogP contribution >= 0.6 is 0 Å². The van der Waals surface area contributed by atoms with E-state index in [0.717, 1.165) is 12.0 Å². The summed E-state index contributed by atoms with van der Waals surface area (Å²) in [6.45, 7) is 3.57. The number of aryl methyl sites for hydroxylation is 1. The minimum atomic E-state index is -0.469.